The molecule has 1 amide bonds. The fourth-order valence-electron chi connectivity index (χ4n) is 1.57. The van der Waals surface area contributed by atoms with Crippen molar-refractivity contribution in [3.8, 4) is 0 Å². The highest BCUT2D eigenvalue weighted by Crippen LogP contribution is 2.21. The molecule has 0 radical (unpaired) electrons. The lowest BCUT2D eigenvalue weighted by Crippen LogP contribution is -2.22. The molecule has 0 bridgehead atoms. The molecule has 0 aliphatic heterocycles. The van der Waals surface area contributed by atoms with Crippen LogP contribution >= 0.6 is 22.9 Å². The third kappa shape index (κ3) is 4.04. The van der Waals surface area contributed by atoms with Gasteiger partial charge in [-0.3, -0.25) is 4.79 Å². The summed E-state index contributed by atoms with van der Waals surface area (Å²) in [7, 11) is -2.07. The van der Waals surface area contributed by atoms with Gasteiger partial charge in [-0.25, -0.2) is 13.1 Å². The van der Waals surface area contributed by atoms with Gasteiger partial charge in [0.05, 0.1) is 6.54 Å². The van der Waals surface area contributed by atoms with Crippen LogP contribution in [0.15, 0.2) is 40.6 Å². The smallest absolute Gasteiger partial charge is 0.251 e. The molecule has 1 aromatic carbocycles. The molecule has 0 aliphatic carbocycles. The van der Waals surface area contributed by atoms with Crippen LogP contribution in [0.3, 0.4) is 0 Å². The maximum absolute atomic E-state index is 11.9. The molecule has 2 rings (SSSR count). The molecule has 0 spiro atoms. The van der Waals surface area contributed by atoms with Crippen LogP contribution < -0.4 is 10.0 Å². The first-order valence-electron chi connectivity index (χ1n) is 5.98. The maximum atomic E-state index is 11.9. The van der Waals surface area contributed by atoms with Crippen LogP contribution in [0.4, 0.5) is 0 Å². The van der Waals surface area contributed by atoms with Crippen molar-refractivity contribution in [2.24, 2.45) is 0 Å². The first-order chi connectivity index (χ1) is 9.92. The fraction of sp³-hybridized carbons (Fsp3) is 0.154. The number of halogens is 1. The number of carbonyl (C=O) groups is 1. The molecule has 1 heterocycles. The highest BCUT2D eigenvalue weighted by molar-refractivity contribution is 7.91. The fourth-order valence-corrected chi connectivity index (χ4v) is 3.83. The van der Waals surface area contributed by atoms with Gasteiger partial charge in [0.25, 0.3) is 5.91 Å². The summed E-state index contributed by atoms with van der Waals surface area (Å²) in [6.45, 7) is 0.269. The van der Waals surface area contributed by atoms with Crippen molar-refractivity contribution >= 4 is 38.9 Å². The van der Waals surface area contributed by atoms with E-state index in [1.165, 1.54) is 13.1 Å². The van der Waals surface area contributed by atoms with Gasteiger partial charge in [-0.2, -0.15) is 0 Å². The number of nitrogens with one attached hydrogen (secondary N) is 2. The van der Waals surface area contributed by atoms with Crippen molar-refractivity contribution in [1.29, 1.82) is 0 Å². The minimum absolute atomic E-state index is 0.223. The molecule has 8 heteroatoms. The Balaban J connectivity index is 2.00. The summed E-state index contributed by atoms with van der Waals surface area (Å²) in [5.74, 6) is -0.238. The van der Waals surface area contributed by atoms with E-state index in [4.69, 9.17) is 11.6 Å². The van der Waals surface area contributed by atoms with Gasteiger partial charge in [-0.1, -0.05) is 11.6 Å². The van der Waals surface area contributed by atoms with Gasteiger partial charge in [0.2, 0.25) is 10.0 Å². The van der Waals surface area contributed by atoms with E-state index < -0.39 is 10.0 Å². The molecule has 5 nitrogen and oxygen atoms in total. The van der Waals surface area contributed by atoms with Gasteiger partial charge in [0.1, 0.15) is 4.21 Å². The summed E-state index contributed by atoms with van der Waals surface area (Å²) in [5, 5.41) is 3.29. The van der Waals surface area contributed by atoms with Crippen LogP contribution in [0.1, 0.15) is 15.2 Å². The minimum Gasteiger partial charge on any atom is -0.347 e. The molecule has 21 heavy (non-hydrogen) atoms. The van der Waals surface area contributed by atoms with E-state index in [-0.39, 0.29) is 16.7 Å². The Bertz CT molecular complexity index is 739. The van der Waals surface area contributed by atoms with Gasteiger partial charge < -0.3 is 5.32 Å². The van der Waals surface area contributed by atoms with E-state index in [9.17, 15) is 13.2 Å². The zero-order valence-corrected chi connectivity index (χ0v) is 13.5. The average molecular weight is 345 g/mol. The lowest BCUT2D eigenvalue weighted by Gasteiger charge is -2.03. The molecule has 2 N–H and O–H groups in total. The molecule has 0 unspecified atom stereocenters. The minimum atomic E-state index is -3.43. The monoisotopic (exact) mass is 344 g/mol. The second-order valence-electron chi connectivity index (χ2n) is 4.12. The van der Waals surface area contributed by atoms with Crippen molar-refractivity contribution in [1.82, 2.24) is 10.0 Å². The standard InChI is InChI=1S/C13H13ClN2O3S2/c1-15-21(18,19)12-7-6-11(20-12)8-16-13(17)9-2-4-10(14)5-3-9/h2-7,15H,8H2,1H3,(H,16,17). The van der Waals surface area contributed by atoms with E-state index >= 15 is 0 Å². The zero-order chi connectivity index (χ0) is 15.5. The number of rotatable bonds is 5. The number of amides is 1. The van der Waals surface area contributed by atoms with Crippen LogP contribution in [-0.2, 0) is 16.6 Å². The van der Waals surface area contributed by atoms with Crippen LogP contribution in [0.5, 0.6) is 0 Å². The topological polar surface area (TPSA) is 75.3 Å². The summed E-state index contributed by atoms with van der Waals surface area (Å²) in [4.78, 5) is 12.7. The van der Waals surface area contributed by atoms with E-state index in [0.29, 0.717) is 10.6 Å². The molecule has 112 valence electrons. The Morgan fingerprint density at radius 2 is 1.86 bits per heavy atom. The van der Waals surface area contributed by atoms with Crippen molar-refractivity contribution in [3.63, 3.8) is 0 Å². The number of sulfonamides is 1. The van der Waals surface area contributed by atoms with E-state index in [0.717, 1.165) is 16.2 Å². The van der Waals surface area contributed by atoms with E-state index in [1.54, 1.807) is 30.3 Å². The third-order valence-corrected chi connectivity index (χ3v) is 5.94. The van der Waals surface area contributed by atoms with Crippen LogP contribution in [0, 0.1) is 0 Å². The lowest BCUT2D eigenvalue weighted by atomic mass is 10.2. The molecular weight excluding hydrogens is 332 g/mol. The van der Waals surface area contributed by atoms with E-state index in [2.05, 4.69) is 10.0 Å². The van der Waals surface area contributed by atoms with Gasteiger partial charge in [-0.05, 0) is 43.4 Å². The molecule has 0 saturated heterocycles. The predicted octanol–water partition coefficient (Wildman–Crippen LogP) is 2.24. The van der Waals surface area contributed by atoms with Crippen molar-refractivity contribution in [2.75, 3.05) is 7.05 Å². The molecule has 2 aromatic rings. The van der Waals surface area contributed by atoms with Crippen molar-refractivity contribution in [2.45, 2.75) is 10.8 Å². The normalized spacial score (nSPS) is 11.3. The Morgan fingerprint density at radius 3 is 2.48 bits per heavy atom. The third-order valence-electron chi connectivity index (χ3n) is 2.70. The van der Waals surface area contributed by atoms with Crippen LogP contribution in [0.25, 0.3) is 0 Å². The maximum Gasteiger partial charge on any atom is 0.251 e. The predicted molar refractivity (Wildman–Crippen MR) is 83.2 cm³/mol. The first kappa shape index (κ1) is 16.0. The van der Waals surface area contributed by atoms with Gasteiger partial charge >= 0.3 is 0 Å². The van der Waals surface area contributed by atoms with Crippen molar-refractivity contribution in [3.05, 3.63) is 51.9 Å². The molecular formula is C13H13ClN2O3S2. The number of benzene rings is 1. The summed E-state index contributed by atoms with van der Waals surface area (Å²) in [5.41, 5.74) is 0.499. The second kappa shape index (κ2) is 6.57. The number of carbonyl (C=O) groups excluding carboxylic acids is 1. The SMILES string of the molecule is CNS(=O)(=O)c1ccc(CNC(=O)c2ccc(Cl)cc2)s1. The van der Waals surface area contributed by atoms with Gasteiger partial charge in [-0.15, -0.1) is 11.3 Å². The summed E-state index contributed by atoms with van der Waals surface area (Å²) in [6.07, 6.45) is 0. The van der Waals surface area contributed by atoms with Gasteiger partial charge in [0.15, 0.2) is 0 Å². The molecule has 1 aromatic heterocycles. The van der Waals surface area contributed by atoms with Crippen molar-refractivity contribution < 1.29 is 13.2 Å². The Hall–Kier alpha value is -1.41. The van der Waals surface area contributed by atoms with Crippen LogP contribution in [0.2, 0.25) is 5.02 Å². The highest BCUT2D eigenvalue weighted by atomic mass is 35.5. The number of thiophene rings is 1. The largest absolute Gasteiger partial charge is 0.347 e. The summed E-state index contributed by atoms with van der Waals surface area (Å²) >= 11 is 6.87. The Kier molecular flexibility index (Phi) is 5.00. The quantitative estimate of drug-likeness (QED) is 0.873. The molecule has 0 atom stereocenters. The Morgan fingerprint density at radius 1 is 1.19 bits per heavy atom. The van der Waals surface area contributed by atoms with Gasteiger partial charge in [0, 0.05) is 15.5 Å². The second-order valence-corrected chi connectivity index (χ2v) is 7.84. The average Bonchev–Trinajstić information content (AvgIpc) is 2.95. The highest BCUT2D eigenvalue weighted by Gasteiger charge is 2.14. The number of hydrogen-bond donors (Lipinski definition) is 2. The zero-order valence-electron chi connectivity index (χ0n) is 11.1. The molecule has 0 fully saturated rings. The number of hydrogen-bond acceptors (Lipinski definition) is 4. The lowest BCUT2D eigenvalue weighted by molar-refractivity contribution is 0.0951. The summed E-state index contributed by atoms with van der Waals surface area (Å²) in [6, 6.07) is 9.72. The molecule has 0 saturated carbocycles. The first-order valence-corrected chi connectivity index (χ1v) is 8.66. The summed E-state index contributed by atoms with van der Waals surface area (Å²) < 4.78 is 25.7. The molecule has 0 aliphatic rings. The Labute approximate surface area is 132 Å². The van der Waals surface area contributed by atoms with Crippen LogP contribution in [-0.4, -0.2) is 21.4 Å². The van der Waals surface area contributed by atoms with E-state index in [1.807, 2.05) is 0 Å².